The third-order valence-electron chi connectivity index (χ3n) is 3.53. The highest BCUT2D eigenvalue weighted by atomic mass is 32.1. The van der Waals surface area contributed by atoms with Crippen molar-refractivity contribution in [3.63, 3.8) is 0 Å². The van der Waals surface area contributed by atoms with Gasteiger partial charge in [0, 0.05) is 30.7 Å². The molecule has 1 atom stereocenters. The van der Waals surface area contributed by atoms with Crippen LogP contribution in [-0.4, -0.2) is 24.6 Å². The van der Waals surface area contributed by atoms with Crippen molar-refractivity contribution in [1.29, 1.82) is 0 Å². The summed E-state index contributed by atoms with van der Waals surface area (Å²) in [7, 11) is 0. The third-order valence-corrected chi connectivity index (χ3v) is 4.59. The van der Waals surface area contributed by atoms with Gasteiger partial charge in [-0.15, -0.1) is 11.3 Å². The minimum absolute atomic E-state index is 0.793. The molecule has 0 amide bonds. The number of hydrogen-bond donors (Lipinski definition) is 1. The van der Waals surface area contributed by atoms with Crippen molar-refractivity contribution < 1.29 is 0 Å². The van der Waals surface area contributed by atoms with E-state index in [0.717, 1.165) is 24.9 Å². The molecule has 17 heavy (non-hydrogen) atoms. The van der Waals surface area contributed by atoms with Gasteiger partial charge in [0.2, 0.25) is 0 Å². The number of nitrogens with zero attached hydrogens (tertiary/aromatic N) is 2. The van der Waals surface area contributed by atoms with Crippen molar-refractivity contribution in [2.75, 3.05) is 24.5 Å². The summed E-state index contributed by atoms with van der Waals surface area (Å²) < 4.78 is 0. The van der Waals surface area contributed by atoms with Crippen LogP contribution in [0.4, 0.5) is 5.13 Å². The molecule has 0 saturated carbocycles. The molecule has 1 aromatic rings. The molecule has 1 fully saturated rings. The Balaban J connectivity index is 1.92. The van der Waals surface area contributed by atoms with E-state index < -0.39 is 0 Å². The van der Waals surface area contributed by atoms with Crippen LogP contribution in [0.2, 0.25) is 0 Å². The van der Waals surface area contributed by atoms with Gasteiger partial charge in [0.1, 0.15) is 0 Å². The quantitative estimate of drug-likeness (QED) is 0.874. The Bertz CT molecular complexity index is 348. The lowest BCUT2D eigenvalue weighted by Crippen LogP contribution is -2.20. The third kappa shape index (κ3) is 3.19. The van der Waals surface area contributed by atoms with E-state index in [1.54, 1.807) is 0 Å². The average molecular weight is 253 g/mol. The molecule has 2 heterocycles. The van der Waals surface area contributed by atoms with E-state index >= 15 is 0 Å². The molecule has 3 nitrogen and oxygen atoms in total. The first-order chi connectivity index (χ1) is 8.20. The molecule has 1 N–H and O–H groups in total. The second-order valence-corrected chi connectivity index (χ2v) is 6.22. The Morgan fingerprint density at radius 2 is 2.41 bits per heavy atom. The Kier molecular flexibility index (Phi) is 4.40. The first-order valence-corrected chi connectivity index (χ1v) is 7.42. The van der Waals surface area contributed by atoms with Crippen LogP contribution in [0.5, 0.6) is 0 Å². The molecule has 1 aromatic heterocycles. The van der Waals surface area contributed by atoms with Gasteiger partial charge in [-0.1, -0.05) is 20.8 Å². The normalized spacial score (nSPS) is 20.5. The first-order valence-electron chi connectivity index (χ1n) is 6.61. The van der Waals surface area contributed by atoms with Crippen molar-refractivity contribution >= 4 is 16.5 Å². The van der Waals surface area contributed by atoms with Gasteiger partial charge in [0.25, 0.3) is 0 Å². The Morgan fingerprint density at radius 1 is 1.59 bits per heavy atom. The van der Waals surface area contributed by atoms with Crippen LogP contribution in [-0.2, 0) is 6.54 Å². The average Bonchev–Trinajstić information content (AvgIpc) is 2.94. The van der Waals surface area contributed by atoms with Crippen LogP contribution in [0.25, 0.3) is 0 Å². The summed E-state index contributed by atoms with van der Waals surface area (Å²) in [6.07, 6.45) is 3.34. The number of rotatable bonds is 5. The van der Waals surface area contributed by atoms with Crippen LogP contribution in [0.1, 0.15) is 32.1 Å². The maximum absolute atomic E-state index is 4.55. The van der Waals surface area contributed by atoms with Crippen molar-refractivity contribution in [3.05, 3.63) is 11.1 Å². The van der Waals surface area contributed by atoms with Gasteiger partial charge in [-0.25, -0.2) is 4.98 Å². The van der Waals surface area contributed by atoms with Crippen molar-refractivity contribution in [2.24, 2.45) is 11.8 Å². The summed E-state index contributed by atoms with van der Waals surface area (Å²) in [5.41, 5.74) is 0. The van der Waals surface area contributed by atoms with Gasteiger partial charge in [-0.3, -0.25) is 0 Å². The molecule has 2 rings (SSSR count). The van der Waals surface area contributed by atoms with E-state index in [2.05, 4.69) is 36.0 Å². The summed E-state index contributed by atoms with van der Waals surface area (Å²) >= 11 is 1.84. The van der Waals surface area contributed by atoms with Gasteiger partial charge < -0.3 is 10.2 Å². The summed E-state index contributed by atoms with van der Waals surface area (Å²) in [6, 6.07) is 0. The number of thiazole rings is 1. The zero-order chi connectivity index (χ0) is 12.3. The first kappa shape index (κ1) is 12.8. The SMILES string of the molecule is CCNCc1cnc(N2CCC(C(C)C)C2)s1. The van der Waals surface area contributed by atoms with E-state index in [0.29, 0.717) is 0 Å². The predicted octanol–water partition coefficient (Wildman–Crippen LogP) is 2.73. The Labute approximate surface area is 108 Å². The molecule has 0 radical (unpaired) electrons. The fourth-order valence-corrected chi connectivity index (χ4v) is 3.19. The van der Waals surface area contributed by atoms with E-state index in [9.17, 15) is 0 Å². The summed E-state index contributed by atoms with van der Waals surface area (Å²) in [5, 5.41) is 4.56. The smallest absolute Gasteiger partial charge is 0.185 e. The van der Waals surface area contributed by atoms with Gasteiger partial charge >= 0.3 is 0 Å². The predicted molar refractivity (Wildman–Crippen MR) is 74.7 cm³/mol. The molecule has 0 aromatic carbocycles. The molecule has 0 aliphatic carbocycles. The van der Waals surface area contributed by atoms with Crippen molar-refractivity contribution in [3.8, 4) is 0 Å². The lowest BCUT2D eigenvalue weighted by molar-refractivity contribution is 0.423. The highest BCUT2D eigenvalue weighted by Gasteiger charge is 2.26. The zero-order valence-electron chi connectivity index (χ0n) is 11.1. The van der Waals surface area contributed by atoms with E-state index in [-0.39, 0.29) is 0 Å². The standard InChI is InChI=1S/C13H23N3S/c1-4-14-7-12-8-15-13(17-12)16-6-5-11(9-16)10(2)3/h8,10-11,14H,4-7,9H2,1-3H3. The zero-order valence-corrected chi connectivity index (χ0v) is 11.9. The maximum atomic E-state index is 4.55. The highest BCUT2D eigenvalue weighted by molar-refractivity contribution is 7.15. The monoisotopic (exact) mass is 253 g/mol. The van der Waals surface area contributed by atoms with Crippen LogP contribution in [0.15, 0.2) is 6.20 Å². The fourth-order valence-electron chi connectivity index (χ4n) is 2.28. The molecule has 0 bridgehead atoms. The largest absolute Gasteiger partial charge is 0.348 e. The molecule has 1 aliphatic rings. The number of anilines is 1. The number of aromatic nitrogens is 1. The van der Waals surface area contributed by atoms with Gasteiger partial charge in [-0.2, -0.15) is 0 Å². The molecule has 96 valence electrons. The Morgan fingerprint density at radius 3 is 3.06 bits per heavy atom. The second-order valence-electron chi connectivity index (χ2n) is 5.13. The van der Waals surface area contributed by atoms with Crippen molar-refractivity contribution in [1.82, 2.24) is 10.3 Å². The molecule has 1 unspecified atom stereocenters. The lowest BCUT2D eigenvalue weighted by atomic mass is 9.95. The lowest BCUT2D eigenvalue weighted by Gasteiger charge is -2.16. The summed E-state index contributed by atoms with van der Waals surface area (Å²) in [5.74, 6) is 1.64. The summed E-state index contributed by atoms with van der Waals surface area (Å²) in [6.45, 7) is 11.1. The molecule has 1 saturated heterocycles. The molecular formula is C13H23N3S. The van der Waals surface area contributed by atoms with Crippen LogP contribution >= 0.6 is 11.3 Å². The van der Waals surface area contributed by atoms with Gasteiger partial charge in [0.15, 0.2) is 5.13 Å². The molecule has 4 heteroatoms. The van der Waals surface area contributed by atoms with Crippen LogP contribution < -0.4 is 10.2 Å². The molecule has 1 aliphatic heterocycles. The number of nitrogens with one attached hydrogen (secondary N) is 1. The maximum Gasteiger partial charge on any atom is 0.185 e. The Hall–Kier alpha value is -0.610. The summed E-state index contributed by atoms with van der Waals surface area (Å²) in [4.78, 5) is 8.34. The van der Waals surface area contributed by atoms with Gasteiger partial charge in [0.05, 0.1) is 0 Å². The molecule has 0 spiro atoms. The minimum Gasteiger partial charge on any atom is -0.348 e. The van der Waals surface area contributed by atoms with Gasteiger partial charge in [-0.05, 0) is 24.8 Å². The van der Waals surface area contributed by atoms with E-state index in [1.165, 1.54) is 29.5 Å². The number of hydrogen-bond acceptors (Lipinski definition) is 4. The van der Waals surface area contributed by atoms with Crippen LogP contribution in [0, 0.1) is 11.8 Å². The van der Waals surface area contributed by atoms with E-state index in [1.807, 2.05) is 17.5 Å². The topological polar surface area (TPSA) is 28.2 Å². The second kappa shape index (κ2) is 5.83. The minimum atomic E-state index is 0.793. The van der Waals surface area contributed by atoms with Crippen LogP contribution in [0.3, 0.4) is 0 Å². The molecular weight excluding hydrogens is 230 g/mol. The highest BCUT2D eigenvalue weighted by Crippen LogP contribution is 2.30. The fraction of sp³-hybridized carbons (Fsp3) is 0.769. The van der Waals surface area contributed by atoms with E-state index in [4.69, 9.17) is 0 Å². The van der Waals surface area contributed by atoms with Crippen molar-refractivity contribution in [2.45, 2.75) is 33.7 Å².